The van der Waals surface area contributed by atoms with Gasteiger partial charge in [0, 0.05) is 22.7 Å². The smallest absolute Gasteiger partial charge is 0.325 e. The fourth-order valence-electron chi connectivity index (χ4n) is 2.64. The zero-order chi connectivity index (χ0) is 18.8. The number of carbonyl (C=O) groups is 4. The van der Waals surface area contributed by atoms with E-state index < -0.39 is 29.6 Å². The van der Waals surface area contributed by atoms with Crippen molar-refractivity contribution in [2.45, 2.75) is 6.54 Å². The normalized spacial score (nSPS) is 15.9. The number of carbonyl (C=O) groups excluding carboxylic acids is 3. The van der Waals surface area contributed by atoms with E-state index >= 15 is 0 Å². The van der Waals surface area contributed by atoms with Crippen molar-refractivity contribution in [3.8, 4) is 0 Å². The third kappa shape index (κ3) is 3.33. The van der Waals surface area contributed by atoms with E-state index in [4.69, 9.17) is 5.11 Å². The van der Waals surface area contributed by atoms with Crippen molar-refractivity contribution in [1.29, 1.82) is 0 Å². The van der Waals surface area contributed by atoms with Gasteiger partial charge < -0.3 is 14.4 Å². The summed E-state index contributed by atoms with van der Waals surface area (Å²) in [6, 6.07) is 7.17. The molecule has 0 spiro atoms. The lowest BCUT2D eigenvalue weighted by atomic mass is 10.1. The molecule has 1 aromatic heterocycles. The number of carboxylic acid groups (broad SMARTS) is 1. The number of nitrogens with zero attached hydrogens (tertiary/aromatic N) is 2. The van der Waals surface area contributed by atoms with Crippen LogP contribution in [0.15, 0.2) is 35.4 Å². The molecule has 1 saturated heterocycles. The first-order valence-corrected chi connectivity index (χ1v) is 8.34. The first kappa shape index (κ1) is 17.7. The van der Waals surface area contributed by atoms with Crippen LogP contribution in [0.1, 0.15) is 5.56 Å². The van der Waals surface area contributed by atoms with Gasteiger partial charge in [0.25, 0.3) is 11.1 Å². The summed E-state index contributed by atoms with van der Waals surface area (Å²) < 4.78 is 6.05. The van der Waals surface area contributed by atoms with Crippen LogP contribution in [-0.4, -0.2) is 51.3 Å². The number of ether oxygens (including phenoxy) is 1. The molecule has 8 nitrogen and oxygen atoms in total. The van der Waals surface area contributed by atoms with Crippen LogP contribution in [0, 0.1) is 0 Å². The fraction of sp³-hybridized carbons (Fsp3) is 0.176. The third-order valence-corrected chi connectivity index (χ3v) is 4.71. The molecule has 1 aliphatic heterocycles. The highest BCUT2D eigenvalue weighted by molar-refractivity contribution is 8.18. The summed E-state index contributed by atoms with van der Waals surface area (Å²) in [5.74, 6) is -2.26. The Morgan fingerprint density at radius 3 is 2.65 bits per heavy atom. The molecule has 0 unspecified atom stereocenters. The van der Waals surface area contributed by atoms with Gasteiger partial charge in [0.1, 0.15) is 13.1 Å². The summed E-state index contributed by atoms with van der Waals surface area (Å²) in [4.78, 5) is 47.8. The number of benzene rings is 1. The van der Waals surface area contributed by atoms with Crippen LogP contribution in [0.2, 0.25) is 0 Å². The van der Waals surface area contributed by atoms with Crippen molar-refractivity contribution in [2.75, 3.05) is 13.7 Å². The zero-order valence-electron chi connectivity index (χ0n) is 13.7. The lowest BCUT2D eigenvalue weighted by molar-refractivity contribution is -0.143. The zero-order valence-corrected chi connectivity index (χ0v) is 14.5. The van der Waals surface area contributed by atoms with Crippen LogP contribution in [0.5, 0.6) is 0 Å². The molecule has 1 N–H and O–H groups in total. The number of aromatic nitrogens is 1. The molecule has 1 aliphatic rings. The Hall–Kier alpha value is -3.07. The lowest BCUT2D eigenvalue weighted by Crippen LogP contribution is -2.34. The average molecular weight is 374 g/mol. The summed E-state index contributed by atoms with van der Waals surface area (Å²) in [7, 11) is 1.18. The molecule has 1 aromatic carbocycles. The van der Waals surface area contributed by atoms with Crippen LogP contribution >= 0.6 is 11.8 Å². The van der Waals surface area contributed by atoms with Gasteiger partial charge in [-0.25, -0.2) is 0 Å². The minimum atomic E-state index is -0.990. The number of imide groups is 1. The van der Waals surface area contributed by atoms with Gasteiger partial charge in [0.15, 0.2) is 0 Å². The number of hydrogen-bond donors (Lipinski definition) is 1. The van der Waals surface area contributed by atoms with Gasteiger partial charge in [-0.05, 0) is 23.9 Å². The van der Waals surface area contributed by atoms with Crippen molar-refractivity contribution in [2.24, 2.45) is 0 Å². The molecular formula is C17H14N2O6S. The van der Waals surface area contributed by atoms with Gasteiger partial charge in [-0.3, -0.25) is 24.1 Å². The first-order valence-electron chi connectivity index (χ1n) is 7.52. The highest BCUT2D eigenvalue weighted by Crippen LogP contribution is 2.34. The highest BCUT2D eigenvalue weighted by atomic mass is 32.2. The summed E-state index contributed by atoms with van der Waals surface area (Å²) in [5.41, 5.74) is 1.32. The molecule has 9 heteroatoms. The SMILES string of the molecule is COC(=O)CN1C(=O)SC(=Cc2cn(CC(=O)O)c3ccccc23)C1=O. The number of aliphatic carboxylic acids is 1. The van der Waals surface area contributed by atoms with E-state index in [0.29, 0.717) is 11.1 Å². The number of rotatable bonds is 5. The van der Waals surface area contributed by atoms with Crippen molar-refractivity contribution in [3.63, 3.8) is 0 Å². The Bertz CT molecular complexity index is 961. The van der Waals surface area contributed by atoms with Gasteiger partial charge in [-0.15, -0.1) is 0 Å². The Morgan fingerprint density at radius 2 is 1.96 bits per heavy atom. The largest absolute Gasteiger partial charge is 0.480 e. The summed E-state index contributed by atoms with van der Waals surface area (Å²) in [6.45, 7) is -0.669. The number of thioether (sulfide) groups is 1. The second-order valence-electron chi connectivity index (χ2n) is 5.47. The van der Waals surface area contributed by atoms with E-state index in [2.05, 4.69) is 4.74 Å². The molecule has 2 heterocycles. The Labute approximate surface area is 152 Å². The third-order valence-electron chi connectivity index (χ3n) is 3.80. The van der Waals surface area contributed by atoms with E-state index in [9.17, 15) is 19.2 Å². The first-order chi connectivity index (χ1) is 12.4. The maximum absolute atomic E-state index is 12.4. The Balaban J connectivity index is 1.98. The topological polar surface area (TPSA) is 106 Å². The maximum atomic E-state index is 12.4. The van der Waals surface area contributed by atoms with Gasteiger partial charge in [-0.2, -0.15) is 0 Å². The standard InChI is InChI=1S/C17H14N2O6S/c1-25-15(22)9-19-16(23)13(26-17(19)24)6-10-7-18(8-14(20)21)12-5-3-2-4-11(10)12/h2-7H,8-9H2,1H3,(H,20,21). The molecular weight excluding hydrogens is 360 g/mol. The number of fused-ring (bicyclic) bond motifs is 1. The molecule has 0 aliphatic carbocycles. The predicted octanol–water partition coefficient (Wildman–Crippen LogP) is 1.94. The molecule has 2 aromatic rings. The maximum Gasteiger partial charge on any atom is 0.325 e. The number of carboxylic acids is 1. The lowest BCUT2D eigenvalue weighted by Gasteiger charge is -2.09. The van der Waals surface area contributed by atoms with Crippen LogP contribution in [-0.2, 0) is 25.7 Å². The second kappa shape index (κ2) is 7.04. The van der Waals surface area contributed by atoms with Crippen LogP contribution in [0.25, 0.3) is 17.0 Å². The average Bonchev–Trinajstić information content (AvgIpc) is 3.07. The minimum Gasteiger partial charge on any atom is -0.480 e. The molecule has 0 radical (unpaired) electrons. The van der Waals surface area contributed by atoms with Gasteiger partial charge in [-0.1, -0.05) is 18.2 Å². The van der Waals surface area contributed by atoms with Crippen LogP contribution in [0.3, 0.4) is 0 Å². The number of amides is 2. The number of hydrogen-bond acceptors (Lipinski definition) is 6. The number of para-hydroxylation sites is 1. The molecule has 2 amide bonds. The number of methoxy groups -OCH3 is 1. The minimum absolute atomic E-state index is 0.164. The van der Waals surface area contributed by atoms with Crippen molar-refractivity contribution >= 4 is 51.8 Å². The fourth-order valence-corrected chi connectivity index (χ4v) is 3.47. The van der Waals surface area contributed by atoms with Gasteiger partial charge >= 0.3 is 11.9 Å². The summed E-state index contributed by atoms with van der Waals surface area (Å²) in [6.07, 6.45) is 3.15. The predicted molar refractivity (Wildman–Crippen MR) is 94.3 cm³/mol. The molecule has 134 valence electrons. The van der Waals surface area contributed by atoms with E-state index in [1.807, 2.05) is 0 Å². The van der Waals surface area contributed by atoms with Crippen LogP contribution < -0.4 is 0 Å². The van der Waals surface area contributed by atoms with Gasteiger partial charge in [0.2, 0.25) is 0 Å². The summed E-state index contributed by atoms with van der Waals surface area (Å²) >= 11 is 0.726. The second-order valence-corrected chi connectivity index (χ2v) is 6.46. The van der Waals surface area contributed by atoms with Gasteiger partial charge in [0.05, 0.1) is 12.0 Å². The molecule has 0 atom stereocenters. The van der Waals surface area contributed by atoms with E-state index in [-0.39, 0.29) is 11.4 Å². The molecule has 0 saturated carbocycles. The molecule has 1 fully saturated rings. The van der Waals surface area contributed by atoms with E-state index in [0.717, 1.165) is 22.0 Å². The van der Waals surface area contributed by atoms with E-state index in [1.54, 1.807) is 35.0 Å². The summed E-state index contributed by atoms with van der Waals surface area (Å²) in [5, 5.41) is 9.25. The Kier molecular flexibility index (Phi) is 4.81. The molecule has 26 heavy (non-hydrogen) atoms. The van der Waals surface area contributed by atoms with Crippen molar-refractivity contribution in [3.05, 3.63) is 40.9 Å². The Morgan fingerprint density at radius 1 is 1.23 bits per heavy atom. The molecule has 3 rings (SSSR count). The van der Waals surface area contributed by atoms with Crippen molar-refractivity contribution < 1.29 is 29.0 Å². The molecule has 0 bridgehead atoms. The van der Waals surface area contributed by atoms with Crippen LogP contribution in [0.4, 0.5) is 4.79 Å². The van der Waals surface area contributed by atoms with E-state index in [1.165, 1.54) is 13.2 Å². The quantitative estimate of drug-likeness (QED) is 0.630. The number of esters is 1. The highest BCUT2D eigenvalue weighted by Gasteiger charge is 2.36. The van der Waals surface area contributed by atoms with Crippen molar-refractivity contribution in [1.82, 2.24) is 9.47 Å². The monoisotopic (exact) mass is 374 g/mol.